The number of carbonyl (C=O) groups is 1. The van der Waals surface area contributed by atoms with Gasteiger partial charge in [-0.2, -0.15) is 0 Å². The van der Waals surface area contributed by atoms with Crippen LogP contribution in [0.5, 0.6) is 11.5 Å². The van der Waals surface area contributed by atoms with Crippen molar-refractivity contribution in [3.05, 3.63) is 94.9 Å². The lowest BCUT2D eigenvalue weighted by Gasteiger charge is -2.16. The summed E-state index contributed by atoms with van der Waals surface area (Å²) >= 11 is 1.35. The molecule has 0 bridgehead atoms. The molecule has 30 heavy (non-hydrogen) atoms. The molecule has 0 aromatic heterocycles. The first-order valence-electron chi connectivity index (χ1n) is 9.39. The van der Waals surface area contributed by atoms with Gasteiger partial charge in [0.2, 0.25) is 0 Å². The second-order valence-corrected chi connectivity index (χ2v) is 7.68. The molecule has 1 fully saturated rings. The van der Waals surface area contributed by atoms with Gasteiger partial charge in [0.1, 0.15) is 11.5 Å². The van der Waals surface area contributed by atoms with Gasteiger partial charge in [-0.05, 0) is 65.4 Å². The maximum Gasteiger partial charge on any atom is 0.267 e. The van der Waals surface area contributed by atoms with Gasteiger partial charge in [-0.3, -0.25) is 9.69 Å². The summed E-state index contributed by atoms with van der Waals surface area (Å²) in [7, 11) is 1.63. The third kappa shape index (κ3) is 4.55. The number of aliphatic imine (C=N–C) groups is 1. The summed E-state index contributed by atoms with van der Waals surface area (Å²) in [5.41, 5.74) is 2.61. The molecule has 0 spiro atoms. The Morgan fingerprint density at radius 1 is 1.00 bits per heavy atom. The lowest BCUT2D eigenvalue weighted by Crippen LogP contribution is -2.28. The molecule has 0 radical (unpaired) electrons. The molecule has 1 aliphatic heterocycles. The van der Waals surface area contributed by atoms with E-state index in [0.717, 1.165) is 22.6 Å². The molecule has 1 heterocycles. The second-order valence-electron chi connectivity index (χ2n) is 6.67. The number of aromatic hydroxyl groups is 1. The summed E-state index contributed by atoms with van der Waals surface area (Å²) in [5.74, 6) is 0.862. The minimum absolute atomic E-state index is 0.0985. The van der Waals surface area contributed by atoms with Gasteiger partial charge in [0.25, 0.3) is 5.91 Å². The first-order chi connectivity index (χ1) is 14.6. The van der Waals surface area contributed by atoms with Crippen molar-refractivity contribution in [1.29, 1.82) is 0 Å². The van der Waals surface area contributed by atoms with Crippen LogP contribution in [0.4, 0.5) is 5.69 Å². The summed E-state index contributed by atoms with van der Waals surface area (Å²) in [6.07, 6.45) is 1.82. The van der Waals surface area contributed by atoms with Crippen LogP contribution in [-0.4, -0.2) is 28.2 Å². The lowest BCUT2D eigenvalue weighted by atomic mass is 10.2. The topological polar surface area (TPSA) is 62.1 Å². The summed E-state index contributed by atoms with van der Waals surface area (Å²) in [6, 6.07) is 24.0. The van der Waals surface area contributed by atoms with Crippen molar-refractivity contribution in [3.8, 4) is 11.5 Å². The number of benzene rings is 3. The average Bonchev–Trinajstić information content (AvgIpc) is 3.05. The van der Waals surface area contributed by atoms with Gasteiger partial charge in [-0.25, -0.2) is 4.99 Å². The number of phenolic OH excluding ortho intramolecular Hbond substituents is 1. The Labute approximate surface area is 179 Å². The van der Waals surface area contributed by atoms with Gasteiger partial charge in [0, 0.05) is 0 Å². The van der Waals surface area contributed by atoms with Crippen molar-refractivity contribution < 1.29 is 14.6 Å². The quantitative estimate of drug-likeness (QED) is 0.581. The Hall–Kier alpha value is -3.51. The second kappa shape index (κ2) is 8.88. The number of phenols is 1. The fourth-order valence-electron chi connectivity index (χ4n) is 2.98. The van der Waals surface area contributed by atoms with Gasteiger partial charge in [0.05, 0.1) is 24.2 Å². The van der Waals surface area contributed by atoms with Gasteiger partial charge >= 0.3 is 0 Å². The molecule has 4 rings (SSSR count). The van der Waals surface area contributed by atoms with Crippen molar-refractivity contribution in [2.45, 2.75) is 6.54 Å². The molecule has 0 unspecified atom stereocenters. The zero-order valence-electron chi connectivity index (χ0n) is 16.4. The SMILES string of the molecule is COc1ccc(CN2C(=O)/C(=C/c3ccc(O)cc3)SC2=Nc2ccccc2)cc1. The number of methoxy groups -OCH3 is 1. The van der Waals surface area contributed by atoms with Crippen LogP contribution in [-0.2, 0) is 11.3 Å². The van der Waals surface area contributed by atoms with Crippen LogP contribution in [0.25, 0.3) is 6.08 Å². The molecule has 6 heteroatoms. The van der Waals surface area contributed by atoms with Crippen LogP contribution < -0.4 is 4.74 Å². The molecule has 1 aliphatic rings. The highest BCUT2D eigenvalue weighted by atomic mass is 32.2. The highest BCUT2D eigenvalue weighted by Gasteiger charge is 2.33. The largest absolute Gasteiger partial charge is 0.508 e. The molecular weight excluding hydrogens is 396 g/mol. The fraction of sp³-hybridized carbons (Fsp3) is 0.0833. The molecule has 1 amide bonds. The molecule has 150 valence electrons. The van der Waals surface area contributed by atoms with E-state index in [1.807, 2.05) is 60.7 Å². The van der Waals surface area contributed by atoms with Crippen molar-refractivity contribution >= 4 is 34.6 Å². The average molecular weight is 417 g/mol. The molecule has 1 N–H and O–H groups in total. The number of hydrogen-bond donors (Lipinski definition) is 1. The summed E-state index contributed by atoms with van der Waals surface area (Å²) in [6.45, 7) is 0.411. The normalized spacial score (nSPS) is 16.4. The number of para-hydroxylation sites is 1. The smallest absolute Gasteiger partial charge is 0.267 e. The number of amides is 1. The van der Waals surface area contributed by atoms with E-state index in [0.29, 0.717) is 16.6 Å². The van der Waals surface area contributed by atoms with Crippen molar-refractivity contribution in [2.75, 3.05) is 7.11 Å². The minimum Gasteiger partial charge on any atom is -0.508 e. The number of nitrogens with zero attached hydrogens (tertiary/aromatic N) is 2. The minimum atomic E-state index is -0.0985. The van der Waals surface area contributed by atoms with Crippen LogP contribution >= 0.6 is 11.8 Å². The van der Waals surface area contributed by atoms with Crippen LogP contribution in [0.3, 0.4) is 0 Å². The number of hydrogen-bond acceptors (Lipinski definition) is 5. The Kier molecular flexibility index (Phi) is 5.86. The van der Waals surface area contributed by atoms with Gasteiger partial charge in [0.15, 0.2) is 5.17 Å². The van der Waals surface area contributed by atoms with Gasteiger partial charge < -0.3 is 9.84 Å². The molecule has 3 aromatic carbocycles. The van der Waals surface area contributed by atoms with Gasteiger partial charge in [-0.1, -0.05) is 42.5 Å². The van der Waals surface area contributed by atoms with E-state index < -0.39 is 0 Å². The number of amidine groups is 1. The van der Waals surface area contributed by atoms with Crippen LogP contribution in [0.2, 0.25) is 0 Å². The number of thioether (sulfide) groups is 1. The lowest BCUT2D eigenvalue weighted by molar-refractivity contribution is -0.122. The van der Waals surface area contributed by atoms with E-state index in [1.54, 1.807) is 36.3 Å². The van der Waals surface area contributed by atoms with Crippen LogP contribution in [0, 0.1) is 0 Å². The van der Waals surface area contributed by atoms with Crippen molar-refractivity contribution in [2.24, 2.45) is 4.99 Å². The zero-order chi connectivity index (χ0) is 20.9. The summed E-state index contributed by atoms with van der Waals surface area (Å²) in [4.78, 5) is 20.2. The van der Waals surface area contributed by atoms with E-state index in [2.05, 4.69) is 0 Å². The van der Waals surface area contributed by atoms with Gasteiger partial charge in [-0.15, -0.1) is 0 Å². The molecule has 5 nitrogen and oxygen atoms in total. The number of carbonyl (C=O) groups excluding carboxylic acids is 1. The standard InChI is InChI=1S/C24H20N2O3S/c1-29-21-13-9-18(10-14-21)16-26-23(28)22(15-17-7-11-20(27)12-8-17)30-24(26)25-19-5-3-2-4-6-19/h2-15,27H,16H2,1H3/b22-15-,25-24?. The molecule has 0 saturated carbocycles. The summed E-state index contributed by atoms with van der Waals surface area (Å²) < 4.78 is 5.22. The molecular formula is C24H20N2O3S. The highest BCUT2D eigenvalue weighted by Crippen LogP contribution is 2.35. The molecule has 3 aromatic rings. The molecule has 0 aliphatic carbocycles. The maximum absolute atomic E-state index is 13.2. The monoisotopic (exact) mass is 416 g/mol. The van der Waals surface area contributed by atoms with E-state index in [-0.39, 0.29) is 11.7 Å². The molecule has 1 saturated heterocycles. The number of ether oxygens (including phenoxy) is 1. The highest BCUT2D eigenvalue weighted by molar-refractivity contribution is 8.18. The zero-order valence-corrected chi connectivity index (χ0v) is 17.2. The van der Waals surface area contributed by atoms with Crippen LogP contribution in [0.15, 0.2) is 88.8 Å². The predicted molar refractivity (Wildman–Crippen MR) is 121 cm³/mol. The van der Waals surface area contributed by atoms with Crippen molar-refractivity contribution in [1.82, 2.24) is 4.90 Å². The van der Waals surface area contributed by atoms with E-state index in [4.69, 9.17) is 9.73 Å². The third-order valence-corrected chi connectivity index (χ3v) is 5.57. The van der Waals surface area contributed by atoms with Crippen LogP contribution in [0.1, 0.15) is 11.1 Å². The predicted octanol–water partition coefficient (Wildman–Crippen LogP) is 5.21. The summed E-state index contributed by atoms with van der Waals surface area (Å²) in [5, 5.41) is 10.1. The Bertz CT molecular complexity index is 1090. The first kappa shape index (κ1) is 19.8. The Morgan fingerprint density at radius 2 is 1.70 bits per heavy atom. The van der Waals surface area contributed by atoms with E-state index in [1.165, 1.54) is 11.8 Å². The maximum atomic E-state index is 13.2. The fourth-order valence-corrected chi connectivity index (χ4v) is 3.98. The van der Waals surface area contributed by atoms with E-state index >= 15 is 0 Å². The van der Waals surface area contributed by atoms with E-state index in [9.17, 15) is 9.90 Å². The third-order valence-electron chi connectivity index (χ3n) is 4.56. The Morgan fingerprint density at radius 3 is 2.37 bits per heavy atom. The number of rotatable bonds is 5. The molecule has 0 atom stereocenters. The van der Waals surface area contributed by atoms with Crippen molar-refractivity contribution in [3.63, 3.8) is 0 Å². The Balaban J connectivity index is 1.66. The first-order valence-corrected chi connectivity index (χ1v) is 10.2.